The van der Waals surface area contributed by atoms with Crippen molar-refractivity contribution < 1.29 is 25.1 Å². The summed E-state index contributed by atoms with van der Waals surface area (Å²) >= 11 is 0. The van der Waals surface area contributed by atoms with Crippen LogP contribution in [0.1, 0.15) is 22.2 Å². The predicted molar refractivity (Wildman–Crippen MR) is 31.2 cm³/mol. The molecule has 0 amide bonds. The molecule has 0 aromatic heterocycles. The quantitative estimate of drug-likeness (QED) is 0.298. The Morgan fingerprint density at radius 3 is 1.75 bits per heavy atom. The first-order valence-corrected chi connectivity index (χ1v) is 2.28. The molecule has 0 aliphatic carbocycles. The van der Waals surface area contributed by atoms with Gasteiger partial charge < -0.3 is 1.43 Å². The zero-order valence-electron chi connectivity index (χ0n) is 6.99. The van der Waals surface area contributed by atoms with Crippen LogP contribution in [0.3, 0.4) is 0 Å². The third-order valence-corrected chi connectivity index (χ3v) is 0.492. The summed E-state index contributed by atoms with van der Waals surface area (Å²) in [6, 6.07) is 0. The molecule has 0 aliphatic heterocycles. The molecule has 0 rings (SSSR count). The van der Waals surface area contributed by atoms with Crippen molar-refractivity contribution in [3.8, 4) is 0 Å². The molecule has 2 heteroatoms. The van der Waals surface area contributed by atoms with Crippen molar-refractivity contribution in [1.82, 2.24) is 0 Å². The molecule has 0 bridgehead atoms. The van der Waals surface area contributed by atoms with Crippen LogP contribution in [0.4, 0.5) is 0 Å². The number of hydrogen-bond donors (Lipinski definition) is 0. The average Bonchev–Trinajstić information content (AvgIpc) is 1.27. The SMILES string of the molecule is CC(=O)C=C(C)C.[H-].[Li+]. The van der Waals surface area contributed by atoms with Crippen LogP contribution in [0.2, 0.25) is 0 Å². The van der Waals surface area contributed by atoms with E-state index in [-0.39, 0.29) is 26.1 Å². The van der Waals surface area contributed by atoms with Gasteiger partial charge in [-0.05, 0) is 26.8 Å². The first-order chi connectivity index (χ1) is 3.13. The summed E-state index contributed by atoms with van der Waals surface area (Å²) in [6.45, 7) is 5.36. The summed E-state index contributed by atoms with van der Waals surface area (Å²) in [6.07, 6.45) is 1.61. The van der Waals surface area contributed by atoms with Crippen molar-refractivity contribution in [2.75, 3.05) is 0 Å². The van der Waals surface area contributed by atoms with Crippen LogP contribution in [0.5, 0.6) is 0 Å². The van der Waals surface area contributed by atoms with Crippen molar-refractivity contribution in [2.45, 2.75) is 20.8 Å². The molecule has 0 unspecified atom stereocenters. The Balaban J connectivity index is -0.000000180. The van der Waals surface area contributed by atoms with Gasteiger partial charge in [-0.3, -0.25) is 4.79 Å². The normalized spacial score (nSPS) is 6.88. The third kappa shape index (κ3) is 9.38. The molecule has 0 saturated carbocycles. The average molecular weight is 106 g/mol. The summed E-state index contributed by atoms with van der Waals surface area (Å²) in [7, 11) is 0. The molecule has 0 aromatic carbocycles. The smallest absolute Gasteiger partial charge is 1.00 e. The van der Waals surface area contributed by atoms with E-state index in [4.69, 9.17) is 0 Å². The molecule has 0 saturated heterocycles. The Hall–Kier alpha value is 0.00740. The Bertz CT molecular complexity index is 106. The monoisotopic (exact) mass is 106 g/mol. The van der Waals surface area contributed by atoms with Crippen molar-refractivity contribution in [3.05, 3.63) is 11.6 Å². The maximum absolute atomic E-state index is 10.2. The van der Waals surface area contributed by atoms with Gasteiger partial charge in [-0.25, -0.2) is 0 Å². The molecule has 0 radical (unpaired) electrons. The second-order valence-corrected chi connectivity index (χ2v) is 1.83. The third-order valence-electron chi connectivity index (χ3n) is 0.492. The van der Waals surface area contributed by atoms with Gasteiger partial charge in [0.25, 0.3) is 0 Å². The first kappa shape index (κ1) is 10.9. The van der Waals surface area contributed by atoms with Crippen molar-refractivity contribution in [1.29, 1.82) is 0 Å². The topological polar surface area (TPSA) is 17.1 Å². The molecule has 0 atom stereocenters. The molecule has 0 spiro atoms. The fraction of sp³-hybridized carbons (Fsp3) is 0.500. The van der Waals surface area contributed by atoms with Gasteiger partial charge in [0.05, 0.1) is 0 Å². The number of ketones is 1. The fourth-order valence-corrected chi connectivity index (χ4v) is 0.407. The number of rotatable bonds is 1. The Labute approximate surface area is 63.8 Å². The van der Waals surface area contributed by atoms with Crippen molar-refractivity contribution in [3.63, 3.8) is 0 Å². The Morgan fingerprint density at radius 1 is 1.38 bits per heavy atom. The zero-order valence-corrected chi connectivity index (χ0v) is 5.99. The Kier molecular flexibility index (Phi) is 7.01. The molecule has 0 N–H and O–H groups in total. The van der Waals surface area contributed by atoms with Gasteiger partial charge in [0.15, 0.2) is 5.78 Å². The molecular formula is C6H11LiO. The van der Waals surface area contributed by atoms with E-state index in [1.807, 2.05) is 13.8 Å². The van der Waals surface area contributed by atoms with Crippen LogP contribution in [0.15, 0.2) is 11.6 Å². The van der Waals surface area contributed by atoms with Gasteiger partial charge in [-0.15, -0.1) is 0 Å². The van der Waals surface area contributed by atoms with Crippen LogP contribution in [-0.4, -0.2) is 5.78 Å². The predicted octanol–water partition coefficient (Wildman–Crippen LogP) is -1.34. The van der Waals surface area contributed by atoms with Gasteiger partial charge in [-0.1, -0.05) is 5.57 Å². The summed E-state index contributed by atoms with van der Waals surface area (Å²) in [5, 5.41) is 0. The fourth-order valence-electron chi connectivity index (χ4n) is 0.407. The maximum Gasteiger partial charge on any atom is 1.00 e. The number of allylic oxidation sites excluding steroid dienone is 2. The van der Waals surface area contributed by atoms with Crippen molar-refractivity contribution >= 4 is 5.78 Å². The largest absolute Gasteiger partial charge is 1.00 e. The minimum Gasteiger partial charge on any atom is -1.00 e. The van der Waals surface area contributed by atoms with Crippen LogP contribution in [0.25, 0.3) is 0 Å². The molecule has 1 nitrogen and oxygen atoms in total. The minimum absolute atomic E-state index is 0. The van der Waals surface area contributed by atoms with Crippen LogP contribution >= 0.6 is 0 Å². The molecule has 0 fully saturated rings. The van der Waals surface area contributed by atoms with Crippen molar-refractivity contribution in [2.24, 2.45) is 0 Å². The van der Waals surface area contributed by atoms with Gasteiger partial charge in [0.1, 0.15) is 0 Å². The second-order valence-electron chi connectivity index (χ2n) is 1.83. The van der Waals surface area contributed by atoms with Crippen LogP contribution < -0.4 is 18.9 Å². The van der Waals surface area contributed by atoms with Gasteiger partial charge >= 0.3 is 18.9 Å². The Morgan fingerprint density at radius 2 is 1.75 bits per heavy atom. The maximum atomic E-state index is 10.2. The standard InChI is InChI=1S/C6H10O.Li.H/c1-5(2)4-6(3)7;;/h4H,1-3H3;;/q;+1;-1. The summed E-state index contributed by atoms with van der Waals surface area (Å²) in [5.41, 5.74) is 1.06. The molecule has 42 valence electrons. The van der Waals surface area contributed by atoms with Crippen LogP contribution in [0, 0.1) is 0 Å². The molecule has 0 aromatic rings. The second kappa shape index (κ2) is 5.15. The molecular weight excluding hydrogens is 95.0 g/mol. The minimum atomic E-state index is 0. The number of carbonyl (C=O) groups is 1. The van der Waals surface area contributed by atoms with E-state index in [0.717, 1.165) is 5.57 Å². The van der Waals surface area contributed by atoms with Gasteiger partial charge in [0.2, 0.25) is 0 Å². The van der Waals surface area contributed by atoms with E-state index in [2.05, 4.69) is 0 Å². The van der Waals surface area contributed by atoms with Gasteiger partial charge in [0, 0.05) is 0 Å². The van der Waals surface area contributed by atoms with E-state index in [0.29, 0.717) is 0 Å². The number of carbonyl (C=O) groups excluding carboxylic acids is 1. The summed E-state index contributed by atoms with van der Waals surface area (Å²) in [5.74, 6) is 0.125. The summed E-state index contributed by atoms with van der Waals surface area (Å²) < 4.78 is 0. The molecule has 0 heterocycles. The van der Waals surface area contributed by atoms with Crippen LogP contribution in [-0.2, 0) is 4.79 Å². The van der Waals surface area contributed by atoms with E-state index in [9.17, 15) is 4.79 Å². The zero-order chi connectivity index (χ0) is 5.86. The van der Waals surface area contributed by atoms with E-state index >= 15 is 0 Å². The molecule has 8 heavy (non-hydrogen) atoms. The van der Waals surface area contributed by atoms with Gasteiger partial charge in [-0.2, -0.15) is 0 Å². The summed E-state index contributed by atoms with van der Waals surface area (Å²) in [4.78, 5) is 10.2. The molecule has 0 aliphatic rings. The number of hydrogen-bond acceptors (Lipinski definition) is 1. The van der Waals surface area contributed by atoms with E-state index in [1.54, 1.807) is 13.0 Å². The van der Waals surface area contributed by atoms with E-state index in [1.165, 1.54) is 0 Å². The first-order valence-electron chi connectivity index (χ1n) is 2.28. The van der Waals surface area contributed by atoms with E-state index < -0.39 is 0 Å².